The Morgan fingerprint density at radius 1 is 0.970 bits per heavy atom. The van der Waals surface area contributed by atoms with Gasteiger partial charge in [-0.3, -0.25) is 19.2 Å². The van der Waals surface area contributed by atoms with Gasteiger partial charge in [-0.25, -0.2) is 4.98 Å². The number of nitriles is 1. The monoisotopic (exact) mass is 954 g/mol. The Morgan fingerprint density at radius 3 is 2.24 bits per heavy atom. The van der Waals surface area contributed by atoms with Gasteiger partial charge in [0, 0.05) is 48.1 Å². The van der Waals surface area contributed by atoms with Crippen molar-refractivity contribution in [1.29, 1.82) is 5.26 Å². The number of hydrogen-bond donors (Lipinski definition) is 4. The highest BCUT2D eigenvalue weighted by Gasteiger charge is 2.64. The molecule has 0 bridgehead atoms. The minimum Gasteiger partial charge on any atom is -0.494 e. The third-order valence-corrected chi connectivity index (χ3v) is 14.1. The second kappa shape index (κ2) is 21.2. The van der Waals surface area contributed by atoms with E-state index in [-0.39, 0.29) is 56.2 Å². The Morgan fingerprint density at radius 2 is 1.63 bits per heavy atom. The SMILES string of the molecule is Cc1ncsc1-c1ccc([C@H](C)NC(=O)[C@@H]2C[C@@H](O)CN2C(=O)[C@@H](NC(=O)COCCCCOc2ccc(C(=O)NC3C(C)(C)C(Oc4ccc(C#N)c(Cl)c4)C3(C)C)cc2)C(C)(C)C)cc1. The molecule has 1 aromatic heterocycles. The first kappa shape index (κ1) is 50.9. The van der Waals surface area contributed by atoms with E-state index in [4.69, 9.17) is 25.8 Å². The van der Waals surface area contributed by atoms with Crippen LogP contribution in [0.5, 0.6) is 11.5 Å². The van der Waals surface area contributed by atoms with Crippen molar-refractivity contribution in [3.63, 3.8) is 0 Å². The fraction of sp³-hybridized carbons (Fsp3) is 0.490. The van der Waals surface area contributed by atoms with Crippen molar-refractivity contribution in [3.05, 3.63) is 99.6 Å². The van der Waals surface area contributed by atoms with Crippen LogP contribution < -0.4 is 25.4 Å². The zero-order valence-corrected chi connectivity index (χ0v) is 41.3. The number of halogens is 1. The Kier molecular flexibility index (Phi) is 16.1. The van der Waals surface area contributed by atoms with Crippen LogP contribution in [-0.4, -0.2) is 95.3 Å². The number of aromatic nitrogens is 1. The maximum Gasteiger partial charge on any atom is 0.251 e. The molecule has 3 aromatic carbocycles. The van der Waals surface area contributed by atoms with Crippen LogP contribution in [0.1, 0.15) is 108 Å². The van der Waals surface area contributed by atoms with Gasteiger partial charge in [0.25, 0.3) is 5.91 Å². The normalized spacial score (nSPS) is 20.4. The lowest BCUT2D eigenvalue weighted by Gasteiger charge is -2.63. The number of ether oxygens (including phenoxy) is 3. The molecule has 2 aliphatic rings. The van der Waals surface area contributed by atoms with Crippen molar-refractivity contribution in [1.82, 2.24) is 25.8 Å². The second-order valence-electron chi connectivity index (χ2n) is 19.8. The molecule has 0 spiro atoms. The third-order valence-electron chi connectivity index (χ3n) is 12.8. The predicted molar refractivity (Wildman–Crippen MR) is 258 cm³/mol. The molecule has 2 fully saturated rings. The third kappa shape index (κ3) is 12.0. The summed E-state index contributed by atoms with van der Waals surface area (Å²) in [6.07, 6.45) is 0.242. The molecule has 4 amide bonds. The lowest BCUT2D eigenvalue weighted by atomic mass is 9.49. The molecule has 4 N–H and O–H groups in total. The number of aliphatic hydroxyl groups is 1. The van der Waals surface area contributed by atoms with Crippen LogP contribution in [0.25, 0.3) is 10.4 Å². The molecule has 2 heterocycles. The van der Waals surface area contributed by atoms with E-state index in [1.165, 1.54) is 4.90 Å². The van der Waals surface area contributed by atoms with Crippen molar-refractivity contribution < 1.29 is 38.5 Å². The first-order chi connectivity index (χ1) is 31.6. The van der Waals surface area contributed by atoms with Crippen molar-refractivity contribution >= 4 is 46.6 Å². The van der Waals surface area contributed by atoms with Gasteiger partial charge in [-0.15, -0.1) is 11.3 Å². The number of nitrogens with one attached hydrogen (secondary N) is 3. The smallest absolute Gasteiger partial charge is 0.251 e. The van der Waals surface area contributed by atoms with Crippen LogP contribution in [0.4, 0.5) is 0 Å². The largest absolute Gasteiger partial charge is 0.494 e. The highest BCUT2D eigenvalue weighted by molar-refractivity contribution is 7.13. The van der Waals surface area contributed by atoms with E-state index in [2.05, 4.69) is 54.7 Å². The van der Waals surface area contributed by atoms with Crippen molar-refractivity contribution in [2.75, 3.05) is 26.4 Å². The number of carbonyl (C=O) groups is 4. The molecule has 6 rings (SSSR count). The van der Waals surface area contributed by atoms with E-state index in [1.807, 2.05) is 64.4 Å². The minimum absolute atomic E-state index is 0.0246. The summed E-state index contributed by atoms with van der Waals surface area (Å²) in [5.41, 5.74) is 4.08. The van der Waals surface area contributed by atoms with Gasteiger partial charge in [0.05, 0.1) is 45.4 Å². The molecule has 4 aromatic rings. The second-order valence-corrected chi connectivity index (χ2v) is 21.1. The summed E-state index contributed by atoms with van der Waals surface area (Å²) in [6, 6.07) is 19.5. The average molecular weight is 956 g/mol. The summed E-state index contributed by atoms with van der Waals surface area (Å²) in [4.78, 5) is 61.0. The molecule has 14 nitrogen and oxygen atoms in total. The Labute approximate surface area is 402 Å². The number of benzene rings is 3. The quantitative estimate of drug-likeness (QED) is 0.0716. The molecule has 358 valence electrons. The topological polar surface area (TPSA) is 192 Å². The van der Waals surface area contributed by atoms with Gasteiger partial charge in [-0.05, 0) is 79.6 Å². The molecular weight excluding hydrogens is 892 g/mol. The summed E-state index contributed by atoms with van der Waals surface area (Å²) in [6.45, 7) is 18.0. The summed E-state index contributed by atoms with van der Waals surface area (Å²) in [7, 11) is 0. The number of β-amino-alcohol motifs (C(OH)–C–C–N with tert-alkyl or cyclic N) is 1. The van der Waals surface area contributed by atoms with E-state index in [0.717, 1.165) is 21.7 Å². The number of likely N-dealkylation sites (tertiary alicyclic amines) is 1. The van der Waals surface area contributed by atoms with E-state index >= 15 is 0 Å². The van der Waals surface area contributed by atoms with Crippen LogP contribution in [0.3, 0.4) is 0 Å². The maximum absolute atomic E-state index is 14.1. The van der Waals surface area contributed by atoms with Gasteiger partial charge in [-0.2, -0.15) is 5.26 Å². The number of hydrogen-bond acceptors (Lipinski definition) is 11. The van der Waals surface area contributed by atoms with E-state index in [0.29, 0.717) is 47.1 Å². The fourth-order valence-electron chi connectivity index (χ4n) is 9.39. The Hall–Kier alpha value is -5.53. The molecule has 1 saturated carbocycles. The highest BCUT2D eigenvalue weighted by atomic mass is 35.5. The summed E-state index contributed by atoms with van der Waals surface area (Å²) in [5, 5.41) is 29.2. The summed E-state index contributed by atoms with van der Waals surface area (Å²) < 4.78 is 17.9. The lowest BCUT2D eigenvalue weighted by molar-refractivity contribution is -0.164. The van der Waals surface area contributed by atoms with Crippen LogP contribution in [0.2, 0.25) is 5.02 Å². The number of amides is 4. The van der Waals surface area contributed by atoms with Gasteiger partial charge in [0.1, 0.15) is 42.4 Å². The molecular formula is C51H63ClN6O8S. The van der Waals surface area contributed by atoms with E-state index < -0.39 is 46.2 Å². The standard InChI is InChI=1S/C51H63ClN6O8S/c1-30(32-12-14-33(15-13-32)42-31(2)54-29-67-42)55-45(62)40-24-36(59)27-58(40)46(63)43(49(3,4)5)56-41(60)28-64-22-10-11-23-65-37-19-16-34(17-20-37)44(61)57-47-50(6,7)48(51(47,8)9)66-38-21-18-35(26-53)39(52)25-38/h12-21,25,29-30,36,40,43,47-48,59H,10-11,22-24,27-28H2,1-9H3,(H,55,62)(H,56,60)(H,57,61)/t30-,36+,40-,43+,47?,48?/m0/s1. The minimum atomic E-state index is -0.972. The molecule has 1 aliphatic carbocycles. The van der Waals surface area contributed by atoms with E-state index in [1.54, 1.807) is 53.8 Å². The zero-order chi connectivity index (χ0) is 48.8. The lowest BCUT2D eigenvalue weighted by Crippen LogP contribution is -2.74. The van der Waals surface area contributed by atoms with Gasteiger partial charge >= 0.3 is 0 Å². The number of thiazole rings is 1. The first-order valence-electron chi connectivity index (χ1n) is 22.7. The Balaban J connectivity index is 0.906. The molecule has 1 aliphatic heterocycles. The number of rotatable bonds is 18. The maximum atomic E-state index is 14.1. The van der Waals surface area contributed by atoms with Gasteiger partial charge in [0.15, 0.2) is 0 Å². The highest BCUT2D eigenvalue weighted by Crippen LogP contribution is 2.55. The van der Waals surface area contributed by atoms with Crippen molar-refractivity contribution in [3.8, 4) is 28.0 Å². The van der Waals surface area contributed by atoms with Crippen molar-refractivity contribution in [2.24, 2.45) is 16.2 Å². The van der Waals surface area contributed by atoms with Gasteiger partial charge in [-0.1, -0.05) is 84.3 Å². The summed E-state index contributed by atoms with van der Waals surface area (Å²) in [5.74, 6) is -0.313. The number of aryl methyl sites for hydroxylation is 1. The van der Waals surface area contributed by atoms with Gasteiger partial charge in [0.2, 0.25) is 17.7 Å². The Bertz CT molecular complexity index is 2430. The molecule has 16 heteroatoms. The van der Waals surface area contributed by atoms with Gasteiger partial charge < -0.3 is 40.2 Å². The van der Waals surface area contributed by atoms with Crippen LogP contribution in [0.15, 0.2) is 72.2 Å². The van der Waals surface area contributed by atoms with Crippen LogP contribution >= 0.6 is 22.9 Å². The number of nitrogens with zero attached hydrogens (tertiary/aromatic N) is 3. The van der Waals surface area contributed by atoms with Crippen molar-refractivity contribution in [2.45, 2.75) is 118 Å². The summed E-state index contributed by atoms with van der Waals surface area (Å²) >= 11 is 7.80. The number of carbonyl (C=O) groups excluding carboxylic acids is 4. The molecule has 1 saturated heterocycles. The molecule has 67 heavy (non-hydrogen) atoms. The fourth-order valence-corrected chi connectivity index (χ4v) is 10.4. The zero-order valence-electron chi connectivity index (χ0n) is 39.8. The predicted octanol–water partition coefficient (Wildman–Crippen LogP) is 7.80. The van der Waals surface area contributed by atoms with Crippen LogP contribution in [0, 0.1) is 34.5 Å². The molecule has 0 radical (unpaired) electrons. The number of aliphatic hydroxyl groups excluding tert-OH is 1. The number of unbranched alkanes of at least 4 members (excludes halogenated alkanes) is 1. The first-order valence-corrected chi connectivity index (χ1v) is 23.9. The van der Waals surface area contributed by atoms with Crippen LogP contribution in [-0.2, 0) is 19.1 Å². The molecule has 0 unspecified atom stereocenters. The molecule has 4 atom stereocenters. The average Bonchev–Trinajstić information content (AvgIpc) is 3.90. The van der Waals surface area contributed by atoms with E-state index in [9.17, 15) is 29.5 Å².